The number of carbonyl (C=O) groups is 2. The fourth-order valence-electron chi connectivity index (χ4n) is 7.93. The van der Waals surface area contributed by atoms with E-state index in [1.807, 2.05) is 18.5 Å². The van der Waals surface area contributed by atoms with Gasteiger partial charge in [0.25, 0.3) is 0 Å². The molecular formula is C39H47N5O3S. The van der Waals surface area contributed by atoms with Gasteiger partial charge in [0.2, 0.25) is 11.8 Å². The van der Waals surface area contributed by atoms with Crippen LogP contribution in [-0.4, -0.2) is 39.5 Å². The van der Waals surface area contributed by atoms with E-state index in [-0.39, 0.29) is 48.2 Å². The largest absolute Gasteiger partial charge is 0.496 e. The summed E-state index contributed by atoms with van der Waals surface area (Å²) < 4.78 is 7.36. The van der Waals surface area contributed by atoms with Crippen molar-refractivity contribution in [2.24, 2.45) is 11.8 Å². The van der Waals surface area contributed by atoms with Crippen LogP contribution in [0.4, 0.5) is 0 Å². The molecule has 0 radical (unpaired) electrons. The quantitative estimate of drug-likeness (QED) is 0.171. The molecule has 4 aromatic rings. The summed E-state index contributed by atoms with van der Waals surface area (Å²) >= 11 is 1.80. The molecule has 3 aliphatic carbocycles. The average molecular weight is 666 g/mol. The van der Waals surface area contributed by atoms with Crippen LogP contribution in [0.1, 0.15) is 104 Å². The highest BCUT2D eigenvalue weighted by molar-refractivity contribution is 7.15. The van der Waals surface area contributed by atoms with Crippen molar-refractivity contribution in [3.63, 3.8) is 0 Å². The lowest BCUT2D eigenvalue weighted by Crippen LogP contribution is -2.47. The Kier molecular flexibility index (Phi) is 9.93. The molecule has 2 amide bonds. The van der Waals surface area contributed by atoms with Crippen LogP contribution in [0.15, 0.2) is 67.4 Å². The molecule has 3 fully saturated rings. The number of imidazole rings is 1. The number of aryl methyl sites for hydroxylation is 1. The Morgan fingerprint density at radius 2 is 1.90 bits per heavy atom. The van der Waals surface area contributed by atoms with Gasteiger partial charge in [-0.3, -0.25) is 9.59 Å². The molecular weight excluding hydrogens is 619 g/mol. The van der Waals surface area contributed by atoms with Crippen molar-refractivity contribution in [1.29, 1.82) is 0 Å². The first kappa shape index (κ1) is 32.6. The lowest BCUT2D eigenvalue weighted by molar-refractivity contribution is -0.127. The monoisotopic (exact) mass is 665 g/mol. The number of nitrogens with zero attached hydrogens (tertiary/aromatic N) is 3. The number of hydrogen-bond acceptors (Lipinski definition) is 6. The van der Waals surface area contributed by atoms with Crippen molar-refractivity contribution in [1.82, 2.24) is 25.2 Å². The molecule has 0 saturated heterocycles. The zero-order valence-electron chi connectivity index (χ0n) is 28.1. The topological polar surface area (TPSA) is 98.1 Å². The number of nitrogens with one attached hydrogen (secondary N) is 2. The number of ether oxygens (including phenoxy) is 1. The van der Waals surface area contributed by atoms with Crippen molar-refractivity contribution < 1.29 is 14.3 Å². The lowest BCUT2D eigenvalue weighted by Gasteiger charge is -2.41. The summed E-state index contributed by atoms with van der Waals surface area (Å²) in [7, 11) is 1.70. The molecule has 9 heteroatoms. The van der Waals surface area contributed by atoms with Crippen LogP contribution < -0.4 is 15.4 Å². The third kappa shape index (κ3) is 7.51. The predicted molar refractivity (Wildman–Crippen MR) is 189 cm³/mol. The highest BCUT2D eigenvalue weighted by atomic mass is 32.1. The standard InChI is InChI=1S/C39H47N5O3S/c1-25-19-28(14-16-34(25)47-2)32-15-13-31(21-33(32)42-36(45)23-44-18-17-40-24-44)37(43-38(46)26-7-4-3-5-8-26)30-10-6-9-29(20-30)35-22-41-39(48-35)27-11-12-27/h6,9-10,14,16-20,22,24,26-27,31-33,37H,3-5,7-8,11-13,15,21,23H2,1-2H3,(H,42,45)(H,43,46). The second-order valence-corrected chi connectivity index (χ2v) is 15.2. The van der Waals surface area contributed by atoms with Crippen LogP contribution in [-0.2, 0) is 16.1 Å². The van der Waals surface area contributed by atoms with E-state index in [0.717, 1.165) is 67.4 Å². The number of methoxy groups -OCH3 is 1. The molecule has 2 N–H and O–H groups in total. The Hall–Kier alpha value is -3.98. The number of thiazole rings is 1. The van der Waals surface area contributed by atoms with Gasteiger partial charge in [-0.25, -0.2) is 9.97 Å². The maximum Gasteiger partial charge on any atom is 0.240 e. The van der Waals surface area contributed by atoms with Crippen LogP contribution in [0, 0.1) is 18.8 Å². The van der Waals surface area contributed by atoms with Crippen LogP contribution in [0.3, 0.4) is 0 Å². The van der Waals surface area contributed by atoms with Gasteiger partial charge in [-0.15, -0.1) is 11.3 Å². The number of hydrogen-bond donors (Lipinski definition) is 2. The summed E-state index contributed by atoms with van der Waals surface area (Å²) in [5, 5.41) is 8.24. The fourth-order valence-corrected chi connectivity index (χ4v) is 9.01. The van der Waals surface area contributed by atoms with Crippen LogP contribution >= 0.6 is 11.3 Å². The average Bonchev–Trinajstić information content (AvgIpc) is 3.60. The van der Waals surface area contributed by atoms with E-state index in [2.05, 4.69) is 58.9 Å². The maximum atomic E-state index is 13.9. The van der Waals surface area contributed by atoms with E-state index >= 15 is 0 Å². The predicted octanol–water partition coefficient (Wildman–Crippen LogP) is 7.71. The molecule has 7 rings (SSSR count). The first-order valence-corrected chi connectivity index (χ1v) is 18.5. The van der Waals surface area contributed by atoms with E-state index in [4.69, 9.17) is 9.72 Å². The van der Waals surface area contributed by atoms with Gasteiger partial charge >= 0.3 is 0 Å². The molecule has 2 heterocycles. The van der Waals surface area contributed by atoms with Gasteiger partial charge in [-0.05, 0) is 92.2 Å². The summed E-state index contributed by atoms with van der Waals surface area (Å²) in [6.07, 6.45) is 17.6. The van der Waals surface area contributed by atoms with Crippen molar-refractivity contribution in [3.8, 4) is 16.2 Å². The smallest absolute Gasteiger partial charge is 0.240 e. The minimum atomic E-state index is -0.151. The van der Waals surface area contributed by atoms with Gasteiger partial charge in [-0.2, -0.15) is 0 Å². The first-order chi connectivity index (χ1) is 23.4. The van der Waals surface area contributed by atoms with Gasteiger partial charge in [0, 0.05) is 42.4 Å². The second kappa shape index (κ2) is 14.6. The molecule has 48 heavy (non-hydrogen) atoms. The summed E-state index contributed by atoms with van der Waals surface area (Å²) in [5.74, 6) is 2.00. The number of carbonyl (C=O) groups excluding carboxylic acids is 2. The third-order valence-electron chi connectivity index (χ3n) is 10.7. The minimum absolute atomic E-state index is 0.0321. The van der Waals surface area contributed by atoms with Crippen LogP contribution in [0.5, 0.6) is 5.75 Å². The number of amides is 2. The third-order valence-corrected chi connectivity index (χ3v) is 11.9. The molecule has 4 unspecified atom stereocenters. The molecule has 2 aromatic carbocycles. The van der Waals surface area contributed by atoms with Crippen LogP contribution in [0.2, 0.25) is 0 Å². The van der Waals surface area contributed by atoms with Crippen molar-refractivity contribution in [3.05, 3.63) is 89.1 Å². The van der Waals surface area contributed by atoms with Gasteiger partial charge in [-0.1, -0.05) is 49.6 Å². The molecule has 0 spiro atoms. The summed E-state index contributed by atoms with van der Waals surface area (Å²) in [4.78, 5) is 37.4. The molecule has 4 atom stereocenters. The van der Waals surface area contributed by atoms with Gasteiger partial charge in [0.1, 0.15) is 12.3 Å². The Labute approximate surface area is 287 Å². The molecule has 3 saturated carbocycles. The van der Waals surface area contributed by atoms with E-state index in [1.165, 1.54) is 34.7 Å². The van der Waals surface area contributed by atoms with E-state index < -0.39 is 0 Å². The zero-order valence-corrected chi connectivity index (χ0v) is 28.9. The Bertz CT molecular complexity index is 1710. The molecule has 252 valence electrons. The van der Waals surface area contributed by atoms with E-state index in [9.17, 15) is 9.59 Å². The summed E-state index contributed by atoms with van der Waals surface area (Å²) in [5.41, 5.74) is 4.58. The Balaban J connectivity index is 1.18. The first-order valence-electron chi connectivity index (χ1n) is 17.7. The summed E-state index contributed by atoms with van der Waals surface area (Å²) in [6.45, 7) is 2.29. The number of benzene rings is 2. The number of aromatic nitrogens is 3. The van der Waals surface area contributed by atoms with Gasteiger partial charge in [0.15, 0.2) is 0 Å². The van der Waals surface area contributed by atoms with Crippen LogP contribution in [0.25, 0.3) is 10.4 Å². The zero-order chi connectivity index (χ0) is 33.0. The molecule has 8 nitrogen and oxygen atoms in total. The fraction of sp³-hybridized carbons (Fsp3) is 0.487. The van der Waals surface area contributed by atoms with Crippen molar-refractivity contribution in [2.45, 2.75) is 102 Å². The lowest BCUT2D eigenvalue weighted by atomic mass is 9.71. The Morgan fingerprint density at radius 3 is 2.65 bits per heavy atom. The molecule has 0 aliphatic heterocycles. The Morgan fingerprint density at radius 1 is 1.04 bits per heavy atom. The molecule has 0 bridgehead atoms. The number of rotatable bonds is 11. The maximum absolute atomic E-state index is 13.9. The molecule has 2 aromatic heterocycles. The SMILES string of the molecule is COc1ccc(C2CCC(C(NC(=O)C3CCCCC3)c3cccc(-c4cnc(C5CC5)s4)c3)CC2NC(=O)Cn2ccnc2)cc1C. The molecule has 3 aliphatic rings. The van der Waals surface area contributed by atoms with Gasteiger partial charge < -0.3 is 19.9 Å². The van der Waals surface area contributed by atoms with Gasteiger partial charge in [0.05, 0.1) is 29.4 Å². The van der Waals surface area contributed by atoms with E-state index in [0.29, 0.717) is 5.92 Å². The normalized spacial score (nSPS) is 22.2. The van der Waals surface area contributed by atoms with Crippen molar-refractivity contribution in [2.75, 3.05) is 7.11 Å². The van der Waals surface area contributed by atoms with Crippen molar-refractivity contribution >= 4 is 23.2 Å². The highest BCUT2D eigenvalue weighted by Crippen LogP contribution is 2.45. The second-order valence-electron chi connectivity index (χ2n) is 14.1. The summed E-state index contributed by atoms with van der Waals surface area (Å²) in [6, 6.07) is 14.9. The minimum Gasteiger partial charge on any atom is -0.496 e. The highest BCUT2D eigenvalue weighted by Gasteiger charge is 2.38. The van der Waals surface area contributed by atoms with E-state index in [1.54, 1.807) is 35.5 Å².